The average molecular weight is 260 g/mol. The smallest absolute Gasteiger partial charge is 0.119 e. The average Bonchev–Trinajstić information content (AvgIpc) is 2.37. The number of nitrogens with one attached hydrogen (secondary N) is 1. The van der Waals surface area contributed by atoms with Crippen LogP contribution in [0.25, 0.3) is 0 Å². The first-order valence-corrected chi connectivity index (χ1v) is 6.80. The number of rotatable bonds is 7. The van der Waals surface area contributed by atoms with Crippen LogP contribution in [-0.2, 0) is 0 Å². The van der Waals surface area contributed by atoms with Crippen molar-refractivity contribution in [1.29, 1.82) is 5.26 Å². The van der Waals surface area contributed by atoms with Gasteiger partial charge in [-0.15, -0.1) is 0 Å². The summed E-state index contributed by atoms with van der Waals surface area (Å²) in [5.74, 6) is 0.939. The van der Waals surface area contributed by atoms with E-state index in [-0.39, 0.29) is 0 Å². The van der Waals surface area contributed by atoms with Crippen LogP contribution in [0.4, 0.5) is 0 Å². The van der Waals surface area contributed by atoms with Crippen LogP contribution in [0.2, 0.25) is 0 Å². The SMILES string of the molecule is CNC(C)(C#N)CCCCOc1cc(C)cc(C)c1. The van der Waals surface area contributed by atoms with Crippen molar-refractivity contribution in [3.05, 3.63) is 29.3 Å². The Kier molecular flexibility index (Phi) is 5.85. The topological polar surface area (TPSA) is 45.0 Å². The summed E-state index contributed by atoms with van der Waals surface area (Å²) in [7, 11) is 1.83. The molecule has 1 rings (SSSR count). The Morgan fingerprint density at radius 1 is 1.21 bits per heavy atom. The van der Waals surface area contributed by atoms with Gasteiger partial charge in [0.1, 0.15) is 11.3 Å². The highest BCUT2D eigenvalue weighted by atomic mass is 16.5. The number of nitriles is 1. The van der Waals surface area contributed by atoms with Gasteiger partial charge < -0.3 is 10.1 Å². The molecule has 0 aliphatic rings. The molecule has 0 spiro atoms. The number of unbranched alkanes of at least 4 members (excludes halogenated alkanes) is 1. The number of hydrogen-bond acceptors (Lipinski definition) is 3. The van der Waals surface area contributed by atoms with Crippen LogP contribution in [0.5, 0.6) is 5.75 Å². The lowest BCUT2D eigenvalue weighted by Crippen LogP contribution is -2.37. The van der Waals surface area contributed by atoms with Gasteiger partial charge in [0.05, 0.1) is 12.7 Å². The van der Waals surface area contributed by atoms with Gasteiger partial charge in [-0.2, -0.15) is 5.26 Å². The van der Waals surface area contributed by atoms with Crippen LogP contribution in [0.15, 0.2) is 18.2 Å². The highest BCUT2D eigenvalue weighted by Crippen LogP contribution is 2.17. The van der Waals surface area contributed by atoms with E-state index in [1.54, 1.807) is 0 Å². The fourth-order valence-electron chi connectivity index (χ4n) is 2.02. The number of aryl methyl sites for hydroxylation is 2. The Bertz CT molecular complexity index is 430. The van der Waals surface area contributed by atoms with Crippen molar-refractivity contribution in [3.8, 4) is 11.8 Å². The fourth-order valence-corrected chi connectivity index (χ4v) is 2.02. The van der Waals surface area contributed by atoms with Crippen molar-refractivity contribution in [2.75, 3.05) is 13.7 Å². The molecular formula is C16H24N2O. The summed E-state index contributed by atoms with van der Waals surface area (Å²) in [6, 6.07) is 8.55. The van der Waals surface area contributed by atoms with Crippen molar-refractivity contribution in [2.24, 2.45) is 0 Å². The van der Waals surface area contributed by atoms with Crippen LogP contribution in [-0.4, -0.2) is 19.2 Å². The van der Waals surface area contributed by atoms with E-state index in [1.165, 1.54) is 11.1 Å². The molecule has 0 fully saturated rings. The van der Waals surface area contributed by atoms with E-state index in [0.29, 0.717) is 6.61 Å². The first-order valence-electron chi connectivity index (χ1n) is 6.80. The maximum Gasteiger partial charge on any atom is 0.119 e. The molecule has 1 unspecified atom stereocenters. The molecule has 0 saturated carbocycles. The number of hydrogen-bond donors (Lipinski definition) is 1. The standard InChI is InChI=1S/C16H24N2O/c1-13-9-14(2)11-15(10-13)19-8-6-5-7-16(3,12-17)18-4/h9-11,18H,5-8H2,1-4H3. The second-order valence-corrected chi connectivity index (χ2v) is 5.32. The third kappa shape index (κ3) is 5.32. The maximum absolute atomic E-state index is 9.04. The zero-order chi connectivity index (χ0) is 14.3. The van der Waals surface area contributed by atoms with Gasteiger partial charge in [-0.25, -0.2) is 0 Å². The summed E-state index contributed by atoms with van der Waals surface area (Å²) < 4.78 is 5.75. The Hall–Kier alpha value is -1.53. The lowest BCUT2D eigenvalue weighted by molar-refractivity contribution is 0.297. The molecule has 1 atom stereocenters. The fraction of sp³-hybridized carbons (Fsp3) is 0.562. The molecule has 1 N–H and O–H groups in total. The molecule has 0 aromatic heterocycles. The van der Waals surface area contributed by atoms with Crippen molar-refractivity contribution in [1.82, 2.24) is 5.32 Å². The molecule has 0 bridgehead atoms. The largest absolute Gasteiger partial charge is 0.494 e. The van der Waals surface area contributed by atoms with E-state index >= 15 is 0 Å². The summed E-state index contributed by atoms with van der Waals surface area (Å²) in [5, 5.41) is 12.1. The van der Waals surface area contributed by atoms with Crippen LogP contribution in [0, 0.1) is 25.2 Å². The monoisotopic (exact) mass is 260 g/mol. The molecule has 0 radical (unpaired) electrons. The van der Waals surface area contributed by atoms with Crippen LogP contribution >= 0.6 is 0 Å². The minimum atomic E-state index is -0.417. The van der Waals surface area contributed by atoms with Gasteiger partial charge in [0.15, 0.2) is 0 Å². The van der Waals surface area contributed by atoms with Crippen LogP contribution in [0.3, 0.4) is 0 Å². The van der Waals surface area contributed by atoms with E-state index in [0.717, 1.165) is 25.0 Å². The van der Waals surface area contributed by atoms with Crippen molar-refractivity contribution >= 4 is 0 Å². The quantitative estimate of drug-likeness (QED) is 0.765. The van der Waals surface area contributed by atoms with Crippen LogP contribution < -0.4 is 10.1 Å². The second-order valence-electron chi connectivity index (χ2n) is 5.32. The number of benzene rings is 1. The number of nitrogens with zero attached hydrogens (tertiary/aromatic N) is 1. The molecule has 0 saturated heterocycles. The lowest BCUT2D eigenvalue weighted by Gasteiger charge is -2.20. The third-order valence-corrected chi connectivity index (χ3v) is 3.33. The summed E-state index contributed by atoms with van der Waals surface area (Å²) in [6.45, 7) is 6.78. The zero-order valence-electron chi connectivity index (χ0n) is 12.4. The van der Waals surface area contributed by atoms with Gasteiger partial charge in [0.2, 0.25) is 0 Å². The predicted molar refractivity (Wildman–Crippen MR) is 78.3 cm³/mol. The van der Waals surface area contributed by atoms with Crippen molar-refractivity contribution in [3.63, 3.8) is 0 Å². The zero-order valence-corrected chi connectivity index (χ0v) is 12.4. The highest BCUT2D eigenvalue weighted by Gasteiger charge is 2.19. The van der Waals surface area contributed by atoms with E-state index in [4.69, 9.17) is 10.00 Å². The first-order chi connectivity index (χ1) is 8.99. The molecule has 0 heterocycles. The molecule has 19 heavy (non-hydrogen) atoms. The Balaban J connectivity index is 2.30. The van der Waals surface area contributed by atoms with E-state index in [9.17, 15) is 0 Å². The molecular weight excluding hydrogens is 236 g/mol. The van der Waals surface area contributed by atoms with Gasteiger partial charge in [0.25, 0.3) is 0 Å². The summed E-state index contributed by atoms with van der Waals surface area (Å²) >= 11 is 0. The molecule has 0 amide bonds. The third-order valence-electron chi connectivity index (χ3n) is 3.33. The predicted octanol–water partition coefficient (Wildman–Crippen LogP) is 3.35. The Morgan fingerprint density at radius 3 is 2.37 bits per heavy atom. The van der Waals surface area contributed by atoms with Crippen molar-refractivity contribution in [2.45, 2.75) is 45.6 Å². The minimum Gasteiger partial charge on any atom is -0.494 e. The molecule has 1 aromatic rings. The normalized spacial score (nSPS) is 13.6. The molecule has 104 valence electrons. The van der Waals surface area contributed by atoms with Crippen LogP contribution in [0.1, 0.15) is 37.3 Å². The van der Waals surface area contributed by atoms with Gasteiger partial charge in [-0.3, -0.25) is 0 Å². The summed E-state index contributed by atoms with van der Waals surface area (Å²) in [6.07, 6.45) is 2.79. The van der Waals surface area contributed by atoms with E-state index in [1.807, 2.05) is 14.0 Å². The molecule has 3 nitrogen and oxygen atoms in total. The first kappa shape index (κ1) is 15.5. The maximum atomic E-state index is 9.04. The second kappa shape index (κ2) is 7.16. The highest BCUT2D eigenvalue weighted by molar-refractivity contribution is 5.32. The Labute approximate surface area is 116 Å². The summed E-state index contributed by atoms with van der Waals surface area (Å²) in [5.41, 5.74) is 2.03. The summed E-state index contributed by atoms with van der Waals surface area (Å²) in [4.78, 5) is 0. The molecule has 3 heteroatoms. The minimum absolute atomic E-state index is 0.417. The van der Waals surface area contributed by atoms with Gasteiger partial charge in [-0.05, 0) is 70.3 Å². The van der Waals surface area contributed by atoms with Gasteiger partial charge >= 0.3 is 0 Å². The molecule has 0 aliphatic carbocycles. The number of ether oxygens (including phenoxy) is 1. The lowest BCUT2D eigenvalue weighted by atomic mass is 9.97. The molecule has 0 aliphatic heterocycles. The van der Waals surface area contributed by atoms with Gasteiger partial charge in [-0.1, -0.05) is 6.07 Å². The van der Waals surface area contributed by atoms with E-state index < -0.39 is 5.54 Å². The Morgan fingerprint density at radius 2 is 1.84 bits per heavy atom. The molecule has 1 aromatic carbocycles. The van der Waals surface area contributed by atoms with Gasteiger partial charge in [0, 0.05) is 0 Å². The van der Waals surface area contributed by atoms with E-state index in [2.05, 4.69) is 43.4 Å². The van der Waals surface area contributed by atoms with Crippen molar-refractivity contribution < 1.29 is 4.74 Å².